The van der Waals surface area contributed by atoms with E-state index in [9.17, 15) is 9.59 Å². The van der Waals surface area contributed by atoms with Crippen LogP contribution in [0, 0.1) is 6.92 Å². The van der Waals surface area contributed by atoms with E-state index in [1.807, 2.05) is 0 Å². The second-order valence-corrected chi connectivity index (χ2v) is 2.67. The third-order valence-corrected chi connectivity index (χ3v) is 1.28. The van der Waals surface area contributed by atoms with Crippen LogP contribution in [-0.4, -0.2) is 21.9 Å². The fourth-order valence-corrected chi connectivity index (χ4v) is 0.778. The molecule has 0 spiro atoms. The second kappa shape index (κ2) is 4.50. The van der Waals surface area contributed by atoms with Gasteiger partial charge in [-0.05, 0) is 6.92 Å². The normalized spacial score (nSPS) is 9.53. The van der Waals surface area contributed by atoms with Crippen LogP contribution in [0.25, 0.3) is 0 Å². The van der Waals surface area contributed by atoms with Crippen molar-refractivity contribution in [1.82, 2.24) is 9.97 Å². The van der Waals surface area contributed by atoms with E-state index < -0.39 is 11.9 Å². The molecule has 0 aliphatic heterocycles. The van der Waals surface area contributed by atoms with Crippen LogP contribution in [0.3, 0.4) is 0 Å². The van der Waals surface area contributed by atoms with Crippen LogP contribution in [0.1, 0.15) is 19.4 Å². The van der Waals surface area contributed by atoms with E-state index in [-0.39, 0.29) is 11.9 Å². The molecule has 0 amide bonds. The summed E-state index contributed by atoms with van der Waals surface area (Å²) in [4.78, 5) is 28.7. The SMILES string of the molecule is [CH2]c1cnc(OC(C)=O)nc1OC(C)=O. The number of hydrogen-bond donors (Lipinski definition) is 0. The third-order valence-electron chi connectivity index (χ3n) is 1.28. The lowest BCUT2D eigenvalue weighted by Crippen LogP contribution is -2.09. The molecule has 79 valence electrons. The van der Waals surface area contributed by atoms with Gasteiger partial charge in [0.15, 0.2) is 0 Å². The highest BCUT2D eigenvalue weighted by Gasteiger charge is 2.09. The quantitative estimate of drug-likeness (QED) is 0.660. The lowest BCUT2D eigenvalue weighted by molar-refractivity contribution is -0.132. The summed E-state index contributed by atoms with van der Waals surface area (Å²) < 4.78 is 9.33. The number of ether oxygens (including phenoxy) is 2. The van der Waals surface area contributed by atoms with Crippen molar-refractivity contribution in [1.29, 1.82) is 0 Å². The predicted octanol–water partition coefficient (Wildman–Crippen LogP) is 0.509. The monoisotopic (exact) mass is 209 g/mol. The fourth-order valence-electron chi connectivity index (χ4n) is 0.778. The van der Waals surface area contributed by atoms with E-state index in [0.29, 0.717) is 5.56 Å². The lowest BCUT2D eigenvalue weighted by atomic mass is 10.4. The number of esters is 2. The summed E-state index contributed by atoms with van der Waals surface area (Å²) in [6.07, 6.45) is 1.30. The van der Waals surface area contributed by atoms with Gasteiger partial charge in [0.25, 0.3) is 0 Å². The maximum Gasteiger partial charge on any atom is 0.327 e. The summed E-state index contributed by atoms with van der Waals surface area (Å²) in [5, 5.41) is 0. The fraction of sp³-hybridized carbons (Fsp3) is 0.222. The Labute approximate surface area is 86.2 Å². The average Bonchev–Trinajstić information content (AvgIpc) is 2.09. The van der Waals surface area contributed by atoms with Gasteiger partial charge in [0.1, 0.15) is 0 Å². The first-order chi connectivity index (χ1) is 6.99. The molecule has 1 aromatic rings. The molecule has 0 N–H and O–H groups in total. The van der Waals surface area contributed by atoms with E-state index in [0.717, 1.165) is 0 Å². The largest absolute Gasteiger partial charge is 0.407 e. The summed E-state index contributed by atoms with van der Waals surface area (Å²) >= 11 is 0. The van der Waals surface area contributed by atoms with Gasteiger partial charge in [-0.15, -0.1) is 0 Å². The van der Waals surface area contributed by atoms with Gasteiger partial charge >= 0.3 is 17.9 Å². The standard InChI is InChI=1S/C9H9N2O4/c1-5-4-10-9(15-7(3)13)11-8(5)14-6(2)12/h4H,1H2,2-3H3. The highest BCUT2D eigenvalue weighted by Crippen LogP contribution is 2.16. The minimum Gasteiger partial charge on any atom is -0.407 e. The zero-order valence-electron chi connectivity index (χ0n) is 8.31. The van der Waals surface area contributed by atoms with Gasteiger partial charge in [-0.25, -0.2) is 4.98 Å². The van der Waals surface area contributed by atoms with E-state index in [1.165, 1.54) is 20.0 Å². The Morgan fingerprint density at radius 3 is 2.40 bits per heavy atom. The molecule has 15 heavy (non-hydrogen) atoms. The first-order valence-electron chi connectivity index (χ1n) is 4.05. The Morgan fingerprint density at radius 2 is 1.87 bits per heavy atom. The Bertz CT molecular complexity index is 403. The van der Waals surface area contributed by atoms with Crippen LogP contribution in [0.2, 0.25) is 0 Å². The van der Waals surface area contributed by atoms with Crippen molar-refractivity contribution in [3.05, 3.63) is 18.7 Å². The van der Waals surface area contributed by atoms with Crippen LogP contribution in [-0.2, 0) is 9.59 Å². The highest BCUT2D eigenvalue weighted by molar-refractivity contribution is 5.70. The predicted molar refractivity (Wildman–Crippen MR) is 49.1 cm³/mol. The van der Waals surface area contributed by atoms with Gasteiger partial charge in [-0.2, -0.15) is 4.98 Å². The maximum absolute atomic E-state index is 10.7. The molecule has 0 aromatic carbocycles. The molecule has 1 heterocycles. The van der Waals surface area contributed by atoms with Crippen LogP contribution in [0.4, 0.5) is 0 Å². The van der Waals surface area contributed by atoms with Gasteiger partial charge in [0, 0.05) is 25.6 Å². The lowest BCUT2D eigenvalue weighted by Gasteiger charge is -2.04. The number of carbonyl (C=O) groups excluding carboxylic acids is 2. The molecular formula is C9H9N2O4. The third kappa shape index (κ3) is 3.34. The number of hydrogen-bond acceptors (Lipinski definition) is 6. The Balaban J connectivity index is 2.94. The summed E-state index contributed by atoms with van der Waals surface area (Å²) in [5.74, 6) is -1.11. The molecule has 6 nitrogen and oxygen atoms in total. The van der Waals surface area contributed by atoms with Crippen molar-refractivity contribution in [2.45, 2.75) is 13.8 Å². The first-order valence-corrected chi connectivity index (χ1v) is 4.05. The molecule has 0 aliphatic carbocycles. The van der Waals surface area contributed by atoms with E-state index in [4.69, 9.17) is 4.74 Å². The van der Waals surface area contributed by atoms with E-state index in [2.05, 4.69) is 21.6 Å². The smallest absolute Gasteiger partial charge is 0.327 e. The molecule has 1 aromatic heterocycles. The number of rotatable bonds is 2. The topological polar surface area (TPSA) is 78.4 Å². The first kappa shape index (κ1) is 11.1. The molecule has 0 fully saturated rings. The minimum atomic E-state index is -0.555. The van der Waals surface area contributed by atoms with Crippen molar-refractivity contribution < 1.29 is 19.1 Å². The van der Waals surface area contributed by atoms with Crippen LogP contribution < -0.4 is 9.47 Å². The van der Waals surface area contributed by atoms with E-state index in [1.54, 1.807) is 0 Å². The van der Waals surface area contributed by atoms with Crippen molar-refractivity contribution in [3.8, 4) is 11.9 Å². The molecule has 0 unspecified atom stereocenters. The van der Waals surface area contributed by atoms with Crippen molar-refractivity contribution in [3.63, 3.8) is 0 Å². The molecule has 0 bridgehead atoms. The van der Waals surface area contributed by atoms with Crippen molar-refractivity contribution >= 4 is 11.9 Å². The van der Waals surface area contributed by atoms with Crippen LogP contribution in [0.15, 0.2) is 6.20 Å². The number of nitrogens with zero attached hydrogens (tertiary/aromatic N) is 2. The van der Waals surface area contributed by atoms with Crippen molar-refractivity contribution in [2.75, 3.05) is 0 Å². The Hall–Kier alpha value is -1.98. The molecular weight excluding hydrogens is 200 g/mol. The summed E-state index contributed by atoms with van der Waals surface area (Å²) in [6.45, 7) is 6.00. The van der Waals surface area contributed by atoms with E-state index >= 15 is 0 Å². The second-order valence-electron chi connectivity index (χ2n) is 2.67. The molecule has 0 saturated carbocycles. The molecule has 1 rings (SSSR count). The number of carbonyl (C=O) groups is 2. The molecule has 0 atom stereocenters. The van der Waals surface area contributed by atoms with Gasteiger partial charge < -0.3 is 9.47 Å². The minimum absolute atomic E-state index is 0.0197. The summed E-state index contributed by atoms with van der Waals surface area (Å²) in [7, 11) is 0. The highest BCUT2D eigenvalue weighted by atomic mass is 16.6. The molecule has 1 radical (unpaired) electrons. The molecule has 6 heteroatoms. The Kier molecular flexibility index (Phi) is 3.33. The molecule has 0 aliphatic rings. The summed E-state index contributed by atoms with van der Waals surface area (Å²) in [6, 6.07) is -0.175. The summed E-state index contributed by atoms with van der Waals surface area (Å²) in [5.41, 5.74) is 0.334. The van der Waals surface area contributed by atoms with Gasteiger partial charge in [0.05, 0.1) is 0 Å². The van der Waals surface area contributed by atoms with Crippen molar-refractivity contribution in [2.24, 2.45) is 0 Å². The zero-order chi connectivity index (χ0) is 11.4. The number of aromatic nitrogens is 2. The zero-order valence-corrected chi connectivity index (χ0v) is 8.31. The molecule has 0 saturated heterocycles. The van der Waals surface area contributed by atoms with Gasteiger partial charge in [-0.3, -0.25) is 9.59 Å². The Morgan fingerprint density at radius 1 is 1.27 bits per heavy atom. The van der Waals surface area contributed by atoms with Crippen LogP contribution in [0.5, 0.6) is 11.9 Å². The van der Waals surface area contributed by atoms with Gasteiger partial charge in [0.2, 0.25) is 5.88 Å². The van der Waals surface area contributed by atoms with Gasteiger partial charge in [-0.1, -0.05) is 0 Å². The van der Waals surface area contributed by atoms with Crippen LogP contribution >= 0.6 is 0 Å². The average molecular weight is 209 g/mol. The maximum atomic E-state index is 10.7.